The van der Waals surface area contributed by atoms with Crippen molar-refractivity contribution in [3.8, 4) is 0 Å². The van der Waals surface area contributed by atoms with Gasteiger partial charge in [-0.1, -0.05) is 25.5 Å². The number of hydrogen-bond donors (Lipinski definition) is 0. The molecule has 0 aliphatic heterocycles. The van der Waals surface area contributed by atoms with Crippen molar-refractivity contribution in [3.05, 3.63) is 34.1 Å². The predicted molar refractivity (Wildman–Crippen MR) is 141 cm³/mol. The standard InChI is InChI=1S/C31H40O8/c1-16(32)38-19-9-11-30(3)18(13-19)7-8-20-23(30)10-12-31(4)24(20)14-21-26(29(35)37-6)22(28(34)36-5)15-25(27(21)31)39-17(2)33/h7,19-21,23-24H,8-15H2,1-6H3. The van der Waals surface area contributed by atoms with Crippen LogP contribution in [0.3, 0.4) is 0 Å². The highest BCUT2D eigenvalue weighted by molar-refractivity contribution is 6.02. The molecule has 0 amide bonds. The van der Waals surface area contributed by atoms with Gasteiger partial charge >= 0.3 is 23.9 Å². The van der Waals surface area contributed by atoms with Crippen LogP contribution in [-0.4, -0.2) is 44.2 Å². The van der Waals surface area contributed by atoms with Crippen LogP contribution < -0.4 is 0 Å². The highest BCUT2D eigenvalue weighted by Gasteiger charge is 2.62. The van der Waals surface area contributed by atoms with Gasteiger partial charge in [0.25, 0.3) is 0 Å². The molecule has 0 spiro atoms. The first-order valence-electron chi connectivity index (χ1n) is 14.1. The maximum Gasteiger partial charge on any atom is 0.334 e. The third-order valence-electron chi connectivity index (χ3n) is 10.6. The Hall–Kier alpha value is -2.90. The van der Waals surface area contributed by atoms with Crippen LogP contribution in [0.25, 0.3) is 0 Å². The summed E-state index contributed by atoms with van der Waals surface area (Å²) in [5.41, 5.74) is 2.72. The predicted octanol–water partition coefficient (Wildman–Crippen LogP) is 4.97. The van der Waals surface area contributed by atoms with Crippen LogP contribution in [0.2, 0.25) is 0 Å². The summed E-state index contributed by atoms with van der Waals surface area (Å²) in [5.74, 6) is -0.552. The summed E-state index contributed by atoms with van der Waals surface area (Å²) in [6, 6.07) is 0. The van der Waals surface area contributed by atoms with E-state index in [0.717, 1.165) is 44.1 Å². The van der Waals surface area contributed by atoms with Gasteiger partial charge in [-0.25, -0.2) is 9.59 Å². The van der Waals surface area contributed by atoms with E-state index >= 15 is 0 Å². The fraction of sp³-hybridized carbons (Fsp3) is 0.677. The average Bonchev–Trinajstić information content (AvgIpc) is 3.20. The van der Waals surface area contributed by atoms with Gasteiger partial charge in [0.15, 0.2) is 0 Å². The molecular weight excluding hydrogens is 500 g/mol. The molecule has 3 fully saturated rings. The molecule has 5 rings (SSSR count). The number of fused-ring (bicyclic) bond motifs is 7. The SMILES string of the molecule is COC(=O)C1=C(C(=O)OC)C2CC3C4CC=C5CC(OC(C)=O)CCC5(C)C4CCC3(C)C2=C(OC(C)=O)C1. The molecule has 0 radical (unpaired) electrons. The minimum absolute atomic E-state index is 0.0399. The maximum absolute atomic E-state index is 13.1. The zero-order chi connectivity index (χ0) is 28.3. The lowest BCUT2D eigenvalue weighted by Crippen LogP contribution is -2.50. The van der Waals surface area contributed by atoms with Gasteiger partial charge in [-0.3, -0.25) is 9.59 Å². The molecule has 8 heteroatoms. The summed E-state index contributed by atoms with van der Waals surface area (Å²) in [6.07, 6.45) is 8.55. The molecule has 0 heterocycles. The second-order valence-corrected chi connectivity index (χ2v) is 12.5. The summed E-state index contributed by atoms with van der Waals surface area (Å²) in [7, 11) is 2.62. The Bertz CT molecular complexity index is 1210. The zero-order valence-corrected chi connectivity index (χ0v) is 23.9. The Kier molecular flexibility index (Phi) is 7.04. The number of ether oxygens (including phenoxy) is 4. The van der Waals surface area contributed by atoms with Crippen LogP contribution in [0.4, 0.5) is 0 Å². The van der Waals surface area contributed by atoms with Gasteiger partial charge in [-0.2, -0.15) is 0 Å². The molecule has 0 aromatic carbocycles. The first kappa shape index (κ1) is 27.7. The molecular formula is C31H40O8. The fourth-order valence-electron chi connectivity index (χ4n) is 9.10. The first-order chi connectivity index (χ1) is 18.4. The van der Waals surface area contributed by atoms with Crippen molar-refractivity contribution in [1.29, 1.82) is 0 Å². The molecule has 8 nitrogen and oxygen atoms in total. The highest BCUT2D eigenvalue weighted by Crippen LogP contribution is 2.69. The molecule has 0 saturated heterocycles. The second-order valence-electron chi connectivity index (χ2n) is 12.5. The Morgan fingerprint density at radius 2 is 1.59 bits per heavy atom. The Balaban J connectivity index is 1.55. The minimum atomic E-state index is -0.598. The zero-order valence-electron chi connectivity index (χ0n) is 23.9. The van der Waals surface area contributed by atoms with Gasteiger partial charge < -0.3 is 18.9 Å². The van der Waals surface area contributed by atoms with E-state index in [4.69, 9.17) is 18.9 Å². The van der Waals surface area contributed by atoms with Crippen molar-refractivity contribution >= 4 is 23.9 Å². The van der Waals surface area contributed by atoms with Gasteiger partial charge in [0.1, 0.15) is 11.9 Å². The third kappa shape index (κ3) is 4.34. The van der Waals surface area contributed by atoms with Gasteiger partial charge in [0.2, 0.25) is 0 Å². The van der Waals surface area contributed by atoms with Crippen LogP contribution in [-0.2, 0) is 38.1 Å². The highest BCUT2D eigenvalue weighted by atomic mass is 16.5. The smallest absolute Gasteiger partial charge is 0.334 e. The van der Waals surface area contributed by atoms with Crippen molar-refractivity contribution in [2.24, 2.45) is 34.5 Å². The van der Waals surface area contributed by atoms with Gasteiger partial charge in [0.05, 0.1) is 25.4 Å². The Morgan fingerprint density at radius 3 is 2.23 bits per heavy atom. The van der Waals surface area contributed by atoms with E-state index in [1.807, 2.05) is 0 Å². The molecule has 0 aromatic heterocycles. The van der Waals surface area contributed by atoms with E-state index in [1.54, 1.807) is 0 Å². The maximum atomic E-state index is 13.1. The van der Waals surface area contributed by atoms with Crippen molar-refractivity contribution in [1.82, 2.24) is 0 Å². The fourth-order valence-corrected chi connectivity index (χ4v) is 9.10. The monoisotopic (exact) mass is 540 g/mol. The minimum Gasteiger partial charge on any atom is -0.466 e. The molecule has 0 N–H and O–H groups in total. The van der Waals surface area contributed by atoms with Crippen LogP contribution in [0, 0.1) is 34.5 Å². The van der Waals surface area contributed by atoms with E-state index in [9.17, 15) is 19.2 Å². The van der Waals surface area contributed by atoms with Crippen LogP contribution >= 0.6 is 0 Å². The molecule has 0 bridgehead atoms. The van der Waals surface area contributed by atoms with Gasteiger partial charge in [-0.15, -0.1) is 0 Å². The summed E-state index contributed by atoms with van der Waals surface area (Å²) in [6.45, 7) is 7.47. The molecule has 5 aliphatic rings. The lowest BCUT2D eigenvalue weighted by Gasteiger charge is -2.57. The van der Waals surface area contributed by atoms with E-state index in [-0.39, 0.29) is 46.7 Å². The summed E-state index contributed by atoms with van der Waals surface area (Å²) < 4.78 is 21.6. The normalized spacial score (nSPS) is 37.0. The molecule has 0 aromatic rings. The number of allylic oxidation sites excluding steroid dienone is 3. The number of rotatable bonds is 4. The molecule has 212 valence electrons. The largest absolute Gasteiger partial charge is 0.466 e. The Morgan fingerprint density at radius 1 is 0.897 bits per heavy atom. The lowest BCUT2D eigenvalue weighted by molar-refractivity contribution is -0.148. The first-order valence-corrected chi connectivity index (χ1v) is 14.1. The molecule has 5 aliphatic carbocycles. The molecule has 7 unspecified atom stereocenters. The van der Waals surface area contributed by atoms with E-state index in [2.05, 4.69) is 19.9 Å². The quantitative estimate of drug-likeness (QED) is 0.280. The number of esters is 4. The number of carbonyl (C=O) groups is 4. The van der Waals surface area contributed by atoms with E-state index in [0.29, 0.717) is 29.6 Å². The van der Waals surface area contributed by atoms with Crippen LogP contribution in [0.15, 0.2) is 34.1 Å². The molecule has 39 heavy (non-hydrogen) atoms. The average molecular weight is 541 g/mol. The molecule has 7 atom stereocenters. The van der Waals surface area contributed by atoms with Crippen LogP contribution in [0.5, 0.6) is 0 Å². The van der Waals surface area contributed by atoms with Crippen molar-refractivity contribution in [3.63, 3.8) is 0 Å². The third-order valence-corrected chi connectivity index (χ3v) is 10.6. The van der Waals surface area contributed by atoms with E-state index < -0.39 is 17.9 Å². The van der Waals surface area contributed by atoms with Gasteiger partial charge in [-0.05, 0) is 72.7 Å². The summed E-state index contributed by atoms with van der Waals surface area (Å²) >= 11 is 0. The Labute approximate surface area is 230 Å². The topological polar surface area (TPSA) is 105 Å². The number of carbonyl (C=O) groups excluding carboxylic acids is 4. The second kappa shape index (κ2) is 9.93. The lowest BCUT2D eigenvalue weighted by atomic mass is 9.47. The van der Waals surface area contributed by atoms with Gasteiger partial charge in [0, 0.05) is 32.6 Å². The van der Waals surface area contributed by atoms with E-state index in [1.165, 1.54) is 33.6 Å². The van der Waals surface area contributed by atoms with Crippen molar-refractivity contribution in [2.75, 3.05) is 14.2 Å². The molecule has 3 saturated carbocycles. The number of methoxy groups -OCH3 is 2. The number of hydrogen-bond acceptors (Lipinski definition) is 8. The summed E-state index contributed by atoms with van der Waals surface area (Å²) in [4.78, 5) is 49.8. The van der Waals surface area contributed by atoms with Crippen molar-refractivity contribution < 1.29 is 38.1 Å². The summed E-state index contributed by atoms with van der Waals surface area (Å²) in [5, 5.41) is 0. The van der Waals surface area contributed by atoms with Crippen molar-refractivity contribution in [2.45, 2.75) is 85.2 Å². The van der Waals surface area contributed by atoms with Crippen LogP contribution in [0.1, 0.15) is 79.1 Å².